The lowest BCUT2D eigenvalue weighted by Crippen LogP contribution is -2.46. The van der Waals surface area contributed by atoms with Gasteiger partial charge in [-0.1, -0.05) is 14.9 Å². The van der Waals surface area contributed by atoms with Gasteiger partial charge in [-0.15, -0.1) is 12.4 Å². The molecule has 3 rings (SSSR count). The van der Waals surface area contributed by atoms with Crippen molar-refractivity contribution in [1.29, 1.82) is 0 Å². The number of amides is 1. The van der Waals surface area contributed by atoms with Crippen LogP contribution in [0.15, 0.2) is 18.3 Å². The van der Waals surface area contributed by atoms with Crippen molar-refractivity contribution >= 4 is 36.3 Å². The van der Waals surface area contributed by atoms with Crippen LogP contribution in [0.4, 0.5) is 19.4 Å². The number of carbonyl (C=O) groups excluding carboxylic acids is 3. The van der Waals surface area contributed by atoms with Crippen LogP contribution in [0.25, 0.3) is 0 Å². The van der Waals surface area contributed by atoms with E-state index in [-0.39, 0.29) is 66.2 Å². The minimum Gasteiger partial charge on any atom is -0.464 e. The van der Waals surface area contributed by atoms with Gasteiger partial charge < -0.3 is 19.5 Å². The number of nitrogens with zero attached hydrogens (tertiary/aromatic N) is 2. The highest BCUT2D eigenvalue weighted by atomic mass is 35.5. The third kappa shape index (κ3) is 13.6. The standard InChI is InChI=1S/C19H28FN3O4.C8H14FNO2.2CH4.ClH/c1-5-26-16(24)19(20)7-10-23(11-8-19)13-14-6-9-21-15(12-14)22-17(25)27-18(2,3)4;1-2-12-7(11)8(9)3-5-10-6-4-8;;;/h6,9,12H,5,7-8,10-11,13H2,1-4H3,(H,21,22,25);10H,2-6H2,1H3;2*1H4;1H. The Bertz CT molecular complexity index is 966. The molecule has 2 saturated heterocycles. The van der Waals surface area contributed by atoms with Gasteiger partial charge in [-0.2, -0.15) is 0 Å². The van der Waals surface area contributed by atoms with Crippen molar-refractivity contribution in [2.45, 2.75) is 98.6 Å². The summed E-state index contributed by atoms with van der Waals surface area (Å²) in [6.45, 7) is 11.7. The fourth-order valence-electron chi connectivity index (χ4n) is 4.13. The molecule has 42 heavy (non-hydrogen) atoms. The van der Waals surface area contributed by atoms with Crippen LogP contribution >= 0.6 is 12.4 Å². The Hall–Kier alpha value is -2.57. The number of nitrogens with one attached hydrogen (secondary N) is 2. The van der Waals surface area contributed by atoms with Gasteiger partial charge in [-0.3, -0.25) is 10.2 Å². The zero-order chi connectivity index (χ0) is 29.1. The van der Waals surface area contributed by atoms with Gasteiger partial charge in [0.2, 0.25) is 11.3 Å². The van der Waals surface area contributed by atoms with Crippen LogP contribution in [0.3, 0.4) is 0 Å². The summed E-state index contributed by atoms with van der Waals surface area (Å²) in [6, 6.07) is 3.59. The predicted octanol–water partition coefficient (Wildman–Crippen LogP) is 5.63. The number of pyridine rings is 1. The normalized spacial score (nSPS) is 17.3. The zero-order valence-corrected chi connectivity index (χ0v) is 24.8. The quantitative estimate of drug-likeness (QED) is 0.294. The summed E-state index contributed by atoms with van der Waals surface area (Å²) < 4.78 is 43.0. The summed E-state index contributed by atoms with van der Waals surface area (Å²) in [4.78, 5) is 40.9. The van der Waals surface area contributed by atoms with Crippen molar-refractivity contribution in [2.75, 3.05) is 44.7 Å². The first-order valence-electron chi connectivity index (χ1n) is 13.4. The van der Waals surface area contributed by atoms with Crippen LogP contribution in [0.5, 0.6) is 0 Å². The highest BCUT2D eigenvalue weighted by Gasteiger charge is 2.43. The first-order chi connectivity index (χ1) is 18.3. The molecule has 13 heteroatoms. The minimum absolute atomic E-state index is 0. The Morgan fingerprint density at radius 1 is 0.976 bits per heavy atom. The summed E-state index contributed by atoms with van der Waals surface area (Å²) in [5.41, 5.74) is -3.29. The number of likely N-dealkylation sites (tertiary alicyclic amines) is 1. The Balaban J connectivity index is 0. The van der Waals surface area contributed by atoms with Crippen molar-refractivity contribution in [2.24, 2.45) is 0 Å². The summed E-state index contributed by atoms with van der Waals surface area (Å²) in [7, 11) is 0. The third-order valence-electron chi connectivity index (χ3n) is 6.19. The van der Waals surface area contributed by atoms with Gasteiger partial charge in [-0.25, -0.2) is 28.1 Å². The number of halogens is 3. The van der Waals surface area contributed by atoms with E-state index < -0.39 is 35.0 Å². The molecular weight excluding hydrogens is 574 g/mol. The summed E-state index contributed by atoms with van der Waals surface area (Å²) in [5, 5.41) is 5.60. The van der Waals surface area contributed by atoms with Gasteiger partial charge >= 0.3 is 18.0 Å². The van der Waals surface area contributed by atoms with Crippen LogP contribution in [-0.2, 0) is 30.3 Å². The van der Waals surface area contributed by atoms with E-state index in [1.165, 1.54) is 0 Å². The number of hydrogen-bond acceptors (Lipinski definition) is 9. The Morgan fingerprint density at radius 3 is 1.95 bits per heavy atom. The molecule has 2 aliphatic rings. The molecule has 2 fully saturated rings. The lowest BCUT2D eigenvalue weighted by Gasteiger charge is -2.34. The topological polar surface area (TPSA) is 119 Å². The zero-order valence-electron chi connectivity index (χ0n) is 24.0. The maximum atomic E-state index is 14.6. The van der Waals surface area contributed by atoms with Gasteiger partial charge in [0, 0.05) is 51.5 Å². The van der Waals surface area contributed by atoms with Gasteiger partial charge in [-0.05, 0) is 65.4 Å². The molecule has 1 amide bonds. The Morgan fingerprint density at radius 2 is 1.48 bits per heavy atom. The Labute approximate surface area is 256 Å². The molecule has 1 aromatic rings. The first-order valence-corrected chi connectivity index (χ1v) is 13.4. The number of piperidine rings is 2. The average Bonchev–Trinajstić information content (AvgIpc) is 2.86. The van der Waals surface area contributed by atoms with Crippen LogP contribution < -0.4 is 10.6 Å². The molecule has 0 saturated carbocycles. The van der Waals surface area contributed by atoms with E-state index in [0.717, 1.165) is 5.56 Å². The van der Waals surface area contributed by atoms with Crippen LogP contribution in [-0.4, -0.2) is 84.2 Å². The van der Waals surface area contributed by atoms with Crippen molar-refractivity contribution in [3.63, 3.8) is 0 Å². The lowest BCUT2D eigenvalue weighted by molar-refractivity contribution is -0.161. The molecule has 244 valence electrons. The monoisotopic (exact) mass is 624 g/mol. The van der Waals surface area contributed by atoms with Crippen LogP contribution in [0.2, 0.25) is 0 Å². The molecule has 0 atom stereocenters. The maximum absolute atomic E-state index is 14.6. The van der Waals surface area contributed by atoms with Gasteiger partial charge in [0.15, 0.2) is 0 Å². The largest absolute Gasteiger partial charge is 0.464 e. The molecule has 2 aliphatic heterocycles. The third-order valence-corrected chi connectivity index (χ3v) is 6.19. The second kappa shape index (κ2) is 18.9. The molecule has 0 aromatic carbocycles. The highest BCUT2D eigenvalue weighted by Crippen LogP contribution is 2.29. The number of rotatable bonds is 7. The number of hydrogen-bond donors (Lipinski definition) is 2. The van der Waals surface area contributed by atoms with Gasteiger partial charge in [0.1, 0.15) is 11.4 Å². The number of anilines is 1. The minimum atomic E-state index is -1.89. The molecule has 0 unspecified atom stereocenters. The maximum Gasteiger partial charge on any atom is 0.413 e. The molecule has 0 aliphatic carbocycles. The van der Waals surface area contributed by atoms with E-state index in [0.29, 0.717) is 38.5 Å². The molecule has 1 aromatic heterocycles. The second-order valence-corrected chi connectivity index (χ2v) is 10.6. The number of carbonyl (C=O) groups is 3. The van der Waals surface area contributed by atoms with Crippen molar-refractivity contribution in [3.8, 4) is 0 Å². The molecule has 0 radical (unpaired) electrons. The summed E-state index contributed by atoms with van der Waals surface area (Å²) in [6.07, 6.45) is 1.71. The van der Waals surface area contributed by atoms with E-state index >= 15 is 0 Å². The Kier molecular flexibility index (Phi) is 18.7. The smallest absolute Gasteiger partial charge is 0.413 e. The van der Waals surface area contributed by atoms with E-state index in [1.807, 2.05) is 6.07 Å². The molecule has 0 spiro atoms. The van der Waals surface area contributed by atoms with E-state index in [4.69, 9.17) is 9.47 Å². The van der Waals surface area contributed by atoms with Crippen LogP contribution in [0, 0.1) is 0 Å². The van der Waals surface area contributed by atoms with E-state index in [2.05, 4.69) is 25.3 Å². The average molecular weight is 625 g/mol. The fraction of sp³-hybridized carbons (Fsp3) is 0.724. The van der Waals surface area contributed by atoms with E-state index in [1.54, 1.807) is 46.9 Å². The molecule has 3 heterocycles. The number of aromatic nitrogens is 1. The first kappa shape index (κ1) is 41.6. The predicted molar refractivity (Wildman–Crippen MR) is 162 cm³/mol. The van der Waals surface area contributed by atoms with Crippen molar-refractivity contribution in [1.82, 2.24) is 15.2 Å². The summed E-state index contributed by atoms with van der Waals surface area (Å²) >= 11 is 0. The number of alkyl halides is 2. The number of ether oxygens (including phenoxy) is 3. The lowest BCUT2D eigenvalue weighted by atomic mass is 9.93. The van der Waals surface area contributed by atoms with Crippen LogP contribution in [0.1, 0.15) is 80.7 Å². The summed E-state index contributed by atoms with van der Waals surface area (Å²) in [5.74, 6) is -1.07. The molecule has 0 bridgehead atoms. The molecular formula is C29H51ClF2N4O6. The second-order valence-electron chi connectivity index (χ2n) is 10.6. The molecule has 2 N–H and O–H groups in total. The fourth-order valence-corrected chi connectivity index (χ4v) is 4.13. The highest BCUT2D eigenvalue weighted by molar-refractivity contribution is 5.85. The van der Waals surface area contributed by atoms with Gasteiger partial charge in [0.25, 0.3) is 0 Å². The number of esters is 2. The van der Waals surface area contributed by atoms with Crippen molar-refractivity contribution in [3.05, 3.63) is 23.9 Å². The molecule has 10 nitrogen and oxygen atoms in total. The SMILES string of the molecule is C.C.CCOC(=O)C1(F)CCN(Cc2ccnc(NC(=O)OC(C)(C)C)c2)CC1.CCOC(=O)C1(F)CCNCC1.Cl. The van der Waals surface area contributed by atoms with Gasteiger partial charge in [0.05, 0.1) is 13.2 Å². The van der Waals surface area contributed by atoms with Crippen molar-refractivity contribution < 1.29 is 37.4 Å². The van der Waals surface area contributed by atoms with E-state index in [9.17, 15) is 23.2 Å².